The zero-order valence-corrected chi connectivity index (χ0v) is 12.0. The second-order valence-electron chi connectivity index (χ2n) is 5.04. The molecule has 1 unspecified atom stereocenters. The maximum Gasteiger partial charge on any atom is 0.141 e. The average molecular weight is 278 g/mol. The van der Waals surface area contributed by atoms with Gasteiger partial charge in [-0.1, -0.05) is 42.5 Å². The largest absolute Gasteiger partial charge is 0.495 e. The Morgan fingerprint density at radius 1 is 1.05 bits per heavy atom. The lowest BCUT2D eigenvalue weighted by molar-refractivity contribution is 0.402. The zero-order chi connectivity index (χ0) is 14.7. The van der Waals surface area contributed by atoms with Crippen molar-refractivity contribution in [2.45, 2.75) is 12.5 Å². The van der Waals surface area contributed by atoms with Crippen molar-refractivity contribution >= 4 is 10.8 Å². The van der Waals surface area contributed by atoms with Crippen molar-refractivity contribution in [3.63, 3.8) is 0 Å². The number of pyridine rings is 1. The summed E-state index contributed by atoms with van der Waals surface area (Å²) in [7, 11) is 1.64. The van der Waals surface area contributed by atoms with Gasteiger partial charge in [-0.05, 0) is 34.9 Å². The number of ether oxygens (including phenoxy) is 1. The standard InChI is InChI=1S/C18H18N2O/c1-21-17-10-5-11-20-18(17)16(19)12-14-8-4-7-13-6-2-3-9-15(13)14/h2-11,16H,12,19H2,1H3. The summed E-state index contributed by atoms with van der Waals surface area (Å²) < 4.78 is 5.35. The van der Waals surface area contributed by atoms with Crippen molar-refractivity contribution in [2.75, 3.05) is 7.11 Å². The van der Waals surface area contributed by atoms with E-state index in [1.54, 1.807) is 13.3 Å². The molecule has 3 rings (SSSR count). The first-order chi connectivity index (χ1) is 10.3. The fourth-order valence-corrected chi connectivity index (χ4v) is 2.66. The van der Waals surface area contributed by atoms with Gasteiger partial charge < -0.3 is 10.5 Å². The second kappa shape index (κ2) is 5.94. The Labute approximate surface area is 124 Å². The van der Waals surface area contributed by atoms with Crippen LogP contribution in [0, 0.1) is 0 Å². The molecule has 0 saturated carbocycles. The monoisotopic (exact) mass is 278 g/mol. The Kier molecular flexibility index (Phi) is 3.84. The third-order valence-corrected chi connectivity index (χ3v) is 3.69. The van der Waals surface area contributed by atoms with Crippen molar-refractivity contribution in [3.8, 4) is 5.75 Å². The van der Waals surface area contributed by atoms with Crippen LogP contribution in [-0.4, -0.2) is 12.1 Å². The molecule has 2 N–H and O–H groups in total. The maximum absolute atomic E-state index is 6.35. The molecule has 0 saturated heterocycles. The van der Waals surface area contributed by atoms with Crippen LogP contribution in [0.15, 0.2) is 60.8 Å². The average Bonchev–Trinajstić information content (AvgIpc) is 2.55. The topological polar surface area (TPSA) is 48.1 Å². The molecule has 3 aromatic rings. The highest BCUT2D eigenvalue weighted by molar-refractivity contribution is 5.85. The highest BCUT2D eigenvalue weighted by Crippen LogP contribution is 2.26. The first-order valence-corrected chi connectivity index (χ1v) is 7.00. The van der Waals surface area contributed by atoms with E-state index in [4.69, 9.17) is 10.5 Å². The van der Waals surface area contributed by atoms with E-state index in [1.807, 2.05) is 18.2 Å². The van der Waals surface area contributed by atoms with Gasteiger partial charge in [-0.3, -0.25) is 4.98 Å². The Bertz CT molecular complexity index is 750. The molecular formula is C18H18N2O. The summed E-state index contributed by atoms with van der Waals surface area (Å²) in [5, 5.41) is 2.47. The van der Waals surface area contributed by atoms with Crippen molar-refractivity contribution in [2.24, 2.45) is 5.73 Å². The molecule has 0 amide bonds. The van der Waals surface area contributed by atoms with E-state index in [9.17, 15) is 0 Å². The summed E-state index contributed by atoms with van der Waals surface area (Å²) in [4.78, 5) is 4.38. The molecule has 0 aliphatic carbocycles. The molecule has 21 heavy (non-hydrogen) atoms. The number of hydrogen-bond acceptors (Lipinski definition) is 3. The van der Waals surface area contributed by atoms with Crippen LogP contribution < -0.4 is 10.5 Å². The van der Waals surface area contributed by atoms with Crippen LogP contribution >= 0.6 is 0 Å². The van der Waals surface area contributed by atoms with Gasteiger partial charge in [-0.15, -0.1) is 0 Å². The molecule has 1 heterocycles. The lowest BCUT2D eigenvalue weighted by atomic mass is 9.97. The van der Waals surface area contributed by atoms with Crippen molar-refractivity contribution in [3.05, 3.63) is 72.1 Å². The predicted molar refractivity (Wildman–Crippen MR) is 85.4 cm³/mol. The lowest BCUT2D eigenvalue weighted by Crippen LogP contribution is -2.16. The van der Waals surface area contributed by atoms with E-state index >= 15 is 0 Å². The summed E-state index contributed by atoms with van der Waals surface area (Å²) in [6.07, 6.45) is 2.48. The third-order valence-electron chi connectivity index (χ3n) is 3.69. The molecule has 0 aliphatic rings. The SMILES string of the molecule is COc1cccnc1C(N)Cc1cccc2ccccc12. The van der Waals surface area contributed by atoms with Crippen molar-refractivity contribution in [1.82, 2.24) is 4.98 Å². The van der Waals surface area contributed by atoms with E-state index in [0.717, 1.165) is 17.9 Å². The number of methoxy groups -OCH3 is 1. The Morgan fingerprint density at radius 2 is 1.86 bits per heavy atom. The van der Waals surface area contributed by atoms with Crippen LogP contribution in [0.4, 0.5) is 0 Å². The van der Waals surface area contributed by atoms with Crippen LogP contribution in [0.2, 0.25) is 0 Å². The molecule has 0 fully saturated rings. The molecule has 0 aliphatic heterocycles. The number of aromatic nitrogens is 1. The highest BCUT2D eigenvalue weighted by Gasteiger charge is 2.14. The molecule has 1 atom stereocenters. The normalized spacial score (nSPS) is 12.3. The number of nitrogens with zero attached hydrogens (tertiary/aromatic N) is 1. The van der Waals surface area contributed by atoms with E-state index in [1.165, 1.54) is 16.3 Å². The summed E-state index contributed by atoms with van der Waals surface area (Å²) in [5.41, 5.74) is 8.38. The van der Waals surface area contributed by atoms with Crippen LogP contribution in [0.5, 0.6) is 5.75 Å². The first-order valence-electron chi connectivity index (χ1n) is 7.00. The first kappa shape index (κ1) is 13.6. The van der Waals surface area contributed by atoms with Gasteiger partial charge in [0.15, 0.2) is 0 Å². The second-order valence-corrected chi connectivity index (χ2v) is 5.04. The van der Waals surface area contributed by atoms with Crippen molar-refractivity contribution in [1.29, 1.82) is 0 Å². The molecule has 0 spiro atoms. The van der Waals surface area contributed by atoms with Gasteiger partial charge in [0, 0.05) is 6.20 Å². The Morgan fingerprint density at radius 3 is 2.71 bits per heavy atom. The lowest BCUT2D eigenvalue weighted by Gasteiger charge is -2.15. The van der Waals surface area contributed by atoms with Crippen LogP contribution in [0.3, 0.4) is 0 Å². The summed E-state index contributed by atoms with van der Waals surface area (Å²) in [6, 6.07) is 18.2. The minimum Gasteiger partial charge on any atom is -0.495 e. The smallest absolute Gasteiger partial charge is 0.141 e. The molecule has 3 nitrogen and oxygen atoms in total. The minimum absolute atomic E-state index is 0.188. The minimum atomic E-state index is -0.188. The van der Waals surface area contributed by atoms with Crippen LogP contribution in [0.25, 0.3) is 10.8 Å². The summed E-state index contributed by atoms with van der Waals surface area (Å²) in [5.74, 6) is 0.741. The fourth-order valence-electron chi connectivity index (χ4n) is 2.66. The summed E-state index contributed by atoms with van der Waals surface area (Å²) >= 11 is 0. The van der Waals surface area contributed by atoms with E-state index < -0.39 is 0 Å². The van der Waals surface area contributed by atoms with Gasteiger partial charge in [-0.25, -0.2) is 0 Å². The van der Waals surface area contributed by atoms with Gasteiger partial charge in [0.25, 0.3) is 0 Å². The zero-order valence-electron chi connectivity index (χ0n) is 12.0. The molecule has 3 heteroatoms. The predicted octanol–water partition coefficient (Wildman–Crippen LogP) is 3.49. The van der Waals surface area contributed by atoms with E-state index in [2.05, 4.69) is 41.4 Å². The molecule has 0 radical (unpaired) electrons. The number of benzene rings is 2. The van der Waals surface area contributed by atoms with Gasteiger partial charge in [-0.2, -0.15) is 0 Å². The van der Waals surface area contributed by atoms with Crippen LogP contribution in [-0.2, 0) is 6.42 Å². The number of rotatable bonds is 4. The van der Waals surface area contributed by atoms with Gasteiger partial charge in [0.05, 0.1) is 18.8 Å². The number of fused-ring (bicyclic) bond motifs is 1. The fraction of sp³-hybridized carbons (Fsp3) is 0.167. The van der Waals surface area contributed by atoms with Gasteiger partial charge >= 0.3 is 0 Å². The highest BCUT2D eigenvalue weighted by atomic mass is 16.5. The Balaban J connectivity index is 1.95. The molecule has 2 aromatic carbocycles. The molecule has 1 aromatic heterocycles. The molecule has 0 bridgehead atoms. The molecule has 106 valence electrons. The van der Waals surface area contributed by atoms with Crippen LogP contribution in [0.1, 0.15) is 17.3 Å². The van der Waals surface area contributed by atoms with Gasteiger partial charge in [0.1, 0.15) is 5.75 Å². The third kappa shape index (κ3) is 2.73. The number of nitrogens with two attached hydrogens (primary N) is 1. The number of hydrogen-bond donors (Lipinski definition) is 1. The quantitative estimate of drug-likeness (QED) is 0.794. The summed E-state index contributed by atoms with van der Waals surface area (Å²) in [6.45, 7) is 0. The van der Waals surface area contributed by atoms with Gasteiger partial charge in [0.2, 0.25) is 0 Å². The van der Waals surface area contributed by atoms with Crippen molar-refractivity contribution < 1.29 is 4.74 Å². The van der Waals surface area contributed by atoms with E-state index in [0.29, 0.717) is 0 Å². The molecular weight excluding hydrogens is 260 g/mol. The Hall–Kier alpha value is -2.39. The van der Waals surface area contributed by atoms with E-state index in [-0.39, 0.29) is 6.04 Å². The maximum atomic E-state index is 6.35.